The molecule has 1 aliphatic rings. The first-order chi connectivity index (χ1) is 15.3. The van der Waals surface area contributed by atoms with Crippen molar-refractivity contribution in [2.45, 2.75) is 12.5 Å². The first kappa shape index (κ1) is 19.4. The minimum Gasteiger partial charge on any atom is -0.494 e. The first-order valence-corrected chi connectivity index (χ1v) is 10.3. The highest BCUT2D eigenvalue weighted by Gasteiger charge is 2.25. The number of aromatic nitrogens is 4. The van der Waals surface area contributed by atoms with Gasteiger partial charge in [0.15, 0.2) is 5.82 Å². The smallest absolute Gasteiger partial charge is 0.162 e. The molecule has 7 nitrogen and oxygen atoms in total. The van der Waals surface area contributed by atoms with E-state index in [1.165, 1.54) is 5.56 Å². The van der Waals surface area contributed by atoms with Gasteiger partial charge in [0.05, 0.1) is 43.1 Å². The van der Waals surface area contributed by atoms with E-state index in [2.05, 4.69) is 39.1 Å². The highest BCUT2D eigenvalue weighted by molar-refractivity contribution is 5.95. The maximum atomic E-state index is 6.08. The molecule has 3 aromatic heterocycles. The Bertz CT molecular complexity index is 1170. The lowest BCUT2D eigenvalue weighted by Crippen LogP contribution is -2.44. The van der Waals surface area contributed by atoms with Gasteiger partial charge in [-0.3, -0.25) is 9.97 Å². The van der Waals surface area contributed by atoms with Crippen LogP contribution in [-0.4, -0.2) is 52.8 Å². The van der Waals surface area contributed by atoms with Gasteiger partial charge in [-0.1, -0.05) is 30.3 Å². The zero-order valence-electron chi connectivity index (χ0n) is 17.3. The van der Waals surface area contributed by atoms with Crippen LogP contribution in [0.1, 0.15) is 5.56 Å². The van der Waals surface area contributed by atoms with E-state index in [4.69, 9.17) is 19.4 Å². The molecule has 0 spiro atoms. The molecule has 1 atom stereocenters. The van der Waals surface area contributed by atoms with Gasteiger partial charge in [-0.15, -0.1) is 0 Å². The monoisotopic (exact) mass is 413 g/mol. The molecule has 1 aromatic carbocycles. The van der Waals surface area contributed by atoms with Crippen LogP contribution in [0.25, 0.3) is 22.3 Å². The number of anilines is 1. The summed E-state index contributed by atoms with van der Waals surface area (Å²) in [4.78, 5) is 20.4. The number of methoxy groups -OCH3 is 1. The van der Waals surface area contributed by atoms with Gasteiger partial charge in [0.1, 0.15) is 11.6 Å². The average Bonchev–Trinajstić information content (AvgIpc) is 2.84. The highest BCUT2D eigenvalue weighted by Crippen LogP contribution is 2.34. The van der Waals surface area contributed by atoms with Crippen LogP contribution in [0.15, 0.2) is 67.3 Å². The van der Waals surface area contributed by atoms with Gasteiger partial charge in [0.25, 0.3) is 0 Å². The van der Waals surface area contributed by atoms with E-state index in [-0.39, 0.29) is 6.10 Å². The Morgan fingerprint density at radius 3 is 2.68 bits per heavy atom. The number of ether oxygens (including phenoxy) is 2. The van der Waals surface area contributed by atoms with Crippen molar-refractivity contribution in [2.24, 2.45) is 0 Å². The Morgan fingerprint density at radius 1 is 1.03 bits per heavy atom. The summed E-state index contributed by atoms with van der Waals surface area (Å²) in [7, 11) is 1.65. The Balaban J connectivity index is 1.55. The second-order valence-corrected chi connectivity index (χ2v) is 7.47. The van der Waals surface area contributed by atoms with Crippen molar-refractivity contribution in [2.75, 3.05) is 31.7 Å². The van der Waals surface area contributed by atoms with Crippen molar-refractivity contribution in [3.05, 3.63) is 72.8 Å². The van der Waals surface area contributed by atoms with E-state index < -0.39 is 0 Å². The van der Waals surface area contributed by atoms with E-state index in [0.717, 1.165) is 41.8 Å². The summed E-state index contributed by atoms with van der Waals surface area (Å²) in [6.45, 7) is 2.13. The fraction of sp³-hybridized carbons (Fsp3) is 0.250. The summed E-state index contributed by atoms with van der Waals surface area (Å²) in [5.41, 5.74) is 2.93. The number of nitrogens with zero attached hydrogens (tertiary/aromatic N) is 5. The Hall–Kier alpha value is -3.58. The highest BCUT2D eigenvalue weighted by atomic mass is 16.5. The molecule has 1 aliphatic heterocycles. The molecule has 0 aliphatic carbocycles. The second-order valence-electron chi connectivity index (χ2n) is 7.47. The zero-order valence-corrected chi connectivity index (χ0v) is 17.3. The van der Waals surface area contributed by atoms with Crippen LogP contribution in [-0.2, 0) is 11.2 Å². The number of hydrogen-bond donors (Lipinski definition) is 0. The molecular weight excluding hydrogens is 390 g/mol. The minimum atomic E-state index is 0.0818. The summed E-state index contributed by atoms with van der Waals surface area (Å²) in [6, 6.07) is 14.3. The molecule has 0 saturated carbocycles. The molecule has 5 rings (SSSR count). The van der Waals surface area contributed by atoms with E-state index in [1.54, 1.807) is 31.9 Å². The number of hydrogen-bond acceptors (Lipinski definition) is 7. The Labute approximate surface area is 180 Å². The van der Waals surface area contributed by atoms with Crippen LogP contribution in [0.4, 0.5) is 5.82 Å². The molecular formula is C24H23N5O2. The summed E-state index contributed by atoms with van der Waals surface area (Å²) >= 11 is 0. The normalized spacial score (nSPS) is 16.4. The molecule has 0 amide bonds. The second kappa shape index (κ2) is 8.65. The quantitative estimate of drug-likeness (QED) is 0.495. The van der Waals surface area contributed by atoms with E-state index in [9.17, 15) is 0 Å². The molecule has 31 heavy (non-hydrogen) atoms. The summed E-state index contributed by atoms with van der Waals surface area (Å²) in [5.74, 6) is 2.16. The summed E-state index contributed by atoms with van der Waals surface area (Å²) in [6.07, 6.45) is 7.90. The molecule has 4 heterocycles. The third-order valence-electron chi connectivity index (χ3n) is 5.46. The average molecular weight is 413 g/mol. The standard InChI is InChI=1S/C24H23N5O2/c1-30-21-15-26-14-20-22(21)24(28-23(27-20)18-7-9-25-10-8-18)29-11-12-31-19(16-29)13-17-5-3-2-4-6-17/h2-10,14-15,19H,11-13,16H2,1H3. The number of pyridine rings is 2. The van der Waals surface area contributed by atoms with Crippen molar-refractivity contribution in [1.29, 1.82) is 0 Å². The van der Waals surface area contributed by atoms with Crippen molar-refractivity contribution in [3.63, 3.8) is 0 Å². The molecule has 4 aromatic rings. The Morgan fingerprint density at radius 2 is 1.87 bits per heavy atom. The fourth-order valence-corrected chi connectivity index (χ4v) is 3.96. The molecule has 7 heteroatoms. The lowest BCUT2D eigenvalue weighted by Gasteiger charge is -2.34. The largest absolute Gasteiger partial charge is 0.494 e. The topological polar surface area (TPSA) is 73.3 Å². The van der Waals surface area contributed by atoms with Crippen molar-refractivity contribution >= 4 is 16.7 Å². The third kappa shape index (κ3) is 4.04. The minimum absolute atomic E-state index is 0.0818. The van der Waals surface area contributed by atoms with Crippen LogP contribution < -0.4 is 9.64 Å². The summed E-state index contributed by atoms with van der Waals surface area (Å²) in [5, 5.41) is 0.871. The molecule has 1 fully saturated rings. The predicted octanol–water partition coefficient (Wildman–Crippen LogP) is 3.54. The van der Waals surface area contributed by atoms with Gasteiger partial charge in [-0.05, 0) is 17.7 Å². The van der Waals surface area contributed by atoms with Crippen LogP contribution in [0.5, 0.6) is 5.75 Å². The Kier molecular flexibility index (Phi) is 5.41. The first-order valence-electron chi connectivity index (χ1n) is 10.3. The van der Waals surface area contributed by atoms with Crippen molar-refractivity contribution in [1.82, 2.24) is 19.9 Å². The molecule has 1 unspecified atom stereocenters. The van der Waals surface area contributed by atoms with E-state index in [0.29, 0.717) is 18.2 Å². The molecule has 1 saturated heterocycles. The fourth-order valence-electron chi connectivity index (χ4n) is 3.96. The number of fused-ring (bicyclic) bond motifs is 1. The SMILES string of the molecule is COc1cncc2nc(-c3ccncc3)nc(N3CCOC(Cc4ccccc4)C3)c12. The molecule has 156 valence electrons. The number of morpholine rings is 1. The maximum Gasteiger partial charge on any atom is 0.162 e. The van der Waals surface area contributed by atoms with Crippen molar-refractivity contribution in [3.8, 4) is 17.1 Å². The lowest BCUT2D eigenvalue weighted by molar-refractivity contribution is 0.0409. The van der Waals surface area contributed by atoms with Gasteiger partial charge in [0.2, 0.25) is 0 Å². The van der Waals surface area contributed by atoms with E-state index in [1.807, 2.05) is 18.2 Å². The summed E-state index contributed by atoms with van der Waals surface area (Å²) < 4.78 is 11.7. The van der Waals surface area contributed by atoms with E-state index >= 15 is 0 Å². The van der Waals surface area contributed by atoms with Gasteiger partial charge in [0, 0.05) is 37.5 Å². The predicted molar refractivity (Wildman–Crippen MR) is 119 cm³/mol. The van der Waals surface area contributed by atoms with Crippen molar-refractivity contribution < 1.29 is 9.47 Å². The maximum absolute atomic E-state index is 6.08. The van der Waals surface area contributed by atoms with Crippen LogP contribution in [0, 0.1) is 0 Å². The van der Waals surface area contributed by atoms with Gasteiger partial charge in [-0.2, -0.15) is 0 Å². The lowest BCUT2D eigenvalue weighted by atomic mass is 10.1. The van der Waals surface area contributed by atoms with Gasteiger partial charge < -0.3 is 14.4 Å². The van der Waals surface area contributed by atoms with Crippen LogP contribution in [0.3, 0.4) is 0 Å². The van der Waals surface area contributed by atoms with Crippen LogP contribution in [0.2, 0.25) is 0 Å². The van der Waals surface area contributed by atoms with Crippen LogP contribution >= 0.6 is 0 Å². The van der Waals surface area contributed by atoms with Gasteiger partial charge in [-0.25, -0.2) is 9.97 Å². The number of benzene rings is 1. The molecule has 0 radical (unpaired) electrons. The molecule has 0 N–H and O–H groups in total. The molecule has 0 bridgehead atoms. The number of rotatable bonds is 5. The van der Waals surface area contributed by atoms with Gasteiger partial charge >= 0.3 is 0 Å². The third-order valence-corrected chi connectivity index (χ3v) is 5.46. The zero-order chi connectivity index (χ0) is 21.0.